The van der Waals surface area contributed by atoms with E-state index in [-0.39, 0.29) is 12.2 Å². The first-order valence-electron chi connectivity index (χ1n) is 4.00. The Morgan fingerprint density at radius 2 is 2.29 bits per heavy atom. The minimum Gasteiger partial charge on any atom is -0.507 e. The molecule has 0 unspecified atom stereocenters. The van der Waals surface area contributed by atoms with Gasteiger partial charge in [0, 0.05) is 6.07 Å². The Morgan fingerprint density at radius 1 is 1.50 bits per heavy atom. The number of benzene rings is 1. The second-order valence-electron chi connectivity index (χ2n) is 2.52. The van der Waals surface area contributed by atoms with Crippen LogP contribution in [0.5, 0.6) is 11.5 Å². The van der Waals surface area contributed by atoms with Crippen LogP contribution in [0.3, 0.4) is 0 Å². The van der Waals surface area contributed by atoms with Crippen molar-refractivity contribution in [3.05, 3.63) is 23.8 Å². The van der Waals surface area contributed by atoms with Crippen LogP contribution in [0.2, 0.25) is 0 Å². The highest BCUT2D eigenvalue weighted by Crippen LogP contribution is 2.22. The maximum absolute atomic E-state index is 9.46. The molecule has 1 rings (SSSR count). The van der Waals surface area contributed by atoms with Gasteiger partial charge in [-0.15, -0.1) is 0 Å². The lowest BCUT2D eigenvalue weighted by atomic mass is 10.2. The molecule has 70 valence electrons. The Hall–Kier alpha value is -2.13. The van der Waals surface area contributed by atoms with Crippen molar-refractivity contribution < 1.29 is 9.84 Å². The zero-order valence-corrected chi connectivity index (χ0v) is 7.74. The first-order chi connectivity index (χ1) is 6.77. The number of phenols is 1. The number of hydrogen-bond acceptors (Lipinski definition) is 3. The van der Waals surface area contributed by atoms with E-state index in [0.29, 0.717) is 11.3 Å². The van der Waals surface area contributed by atoms with Crippen LogP contribution < -0.4 is 4.74 Å². The largest absolute Gasteiger partial charge is 0.507 e. The second kappa shape index (κ2) is 4.79. The van der Waals surface area contributed by atoms with Crippen LogP contribution in [-0.4, -0.2) is 12.2 Å². The highest BCUT2D eigenvalue weighted by molar-refractivity contribution is 5.49. The zero-order chi connectivity index (χ0) is 10.4. The van der Waals surface area contributed by atoms with Gasteiger partial charge in [-0.05, 0) is 12.1 Å². The number of nitrogens with zero attached hydrogens (tertiary/aromatic N) is 1. The minimum absolute atomic E-state index is 0.0646. The molecule has 0 radical (unpaired) electrons. The SMILES string of the molecule is COc1ccc(C#CCC#N)c(O)c1. The van der Waals surface area contributed by atoms with Gasteiger partial charge in [-0.25, -0.2) is 0 Å². The summed E-state index contributed by atoms with van der Waals surface area (Å²) in [7, 11) is 1.52. The highest BCUT2D eigenvalue weighted by atomic mass is 16.5. The quantitative estimate of drug-likeness (QED) is 0.680. The van der Waals surface area contributed by atoms with Gasteiger partial charge in [0.1, 0.15) is 11.5 Å². The lowest BCUT2D eigenvalue weighted by molar-refractivity contribution is 0.407. The molecular formula is C11H9NO2. The Morgan fingerprint density at radius 3 is 2.86 bits per heavy atom. The molecule has 0 bridgehead atoms. The molecule has 0 saturated carbocycles. The predicted octanol–water partition coefficient (Wildman–Crippen LogP) is 1.67. The van der Waals surface area contributed by atoms with Crippen molar-refractivity contribution in [3.8, 4) is 29.4 Å². The van der Waals surface area contributed by atoms with Crippen LogP contribution in [-0.2, 0) is 0 Å². The van der Waals surface area contributed by atoms with Gasteiger partial charge in [0.2, 0.25) is 0 Å². The van der Waals surface area contributed by atoms with Crippen LogP contribution in [0.25, 0.3) is 0 Å². The molecule has 14 heavy (non-hydrogen) atoms. The third-order valence-electron chi connectivity index (χ3n) is 1.60. The van der Waals surface area contributed by atoms with Crippen molar-refractivity contribution >= 4 is 0 Å². The van der Waals surface area contributed by atoms with Crippen LogP contribution in [0, 0.1) is 23.2 Å². The number of nitriles is 1. The molecule has 1 N–H and O–H groups in total. The van der Waals surface area contributed by atoms with Gasteiger partial charge >= 0.3 is 0 Å². The first kappa shape index (κ1) is 9.95. The van der Waals surface area contributed by atoms with Crippen molar-refractivity contribution in [2.45, 2.75) is 6.42 Å². The summed E-state index contributed by atoms with van der Waals surface area (Å²) in [6.07, 6.45) is 0.158. The molecule has 1 aromatic rings. The fourth-order valence-corrected chi connectivity index (χ4v) is 0.923. The molecule has 0 aliphatic heterocycles. The molecule has 0 aliphatic rings. The molecule has 3 heteroatoms. The number of rotatable bonds is 1. The number of ether oxygens (including phenoxy) is 1. The van der Waals surface area contributed by atoms with Gasteiger partial charge in [-0.3, -0.25) is 0 Å². The fourth-order valence-electron chi connectivity index (χ4n) is 0.923. The molecule has 0 atom stereocenters. The van der Waals surface area contributed by atoms with Crippen LogP contribution >= 0.6 is 0 Å². The summed E-state index contributed by atoms with van der Waals surface area (Å²) in [4.78, 5) is 0. The van der Waals surface area contributed by atoms with Crippen molar-refractivity contribution in [1.82, 2.24) is 0 Å². The highest BCUT2D eigenvalue weighted by Gasteiger charge is 1.98. The molecule has 0 amide bonds. The van der Waals surface area contributed by atoms with Gasteiger partial charge in [0.15, 0.2) is 0 Å². The zero-order valence-electron chi connectivity index (χ0n) is 7.74. The standard InChI is InChI=1S/C11H9NO2/c1-14-10-6-5-9(11(13)8-10)4-2-3-7-12/h5-6,8,13H,3H2,1H3. The topological polar surface area (TPSA) is 53.2 Å². The van der Waals surface area contributed by atoms with Crippen LogP contribution in [0.1, 0.15) is 12.0 Å². The van der Waals surface area contributed by atoms with E-state index in [9.17, 15) is 5.11 Å². The Labute approximate surface area is 82.6 Å². The second-order valence-corrected chi connectivity index (χ2v) is 2.52. The van der Waals surface area contributed by atoms with E-state index in [1.807, 2.05) is 6.07 Å². The third-order valence-corrected chi connectivity index (χ3v) is 1.60. The van der Waals surface area contributed by atoms with Gasteiger partial charge in [0.25, 0.3) is 0 Å². The molecule has 0 spiro atoms. The summed E-state index contributed by atoms with van der Waals surface area (Å²) in [5.74, 6) is 5.95. The Bertz CT molecular complexity index is 421. The van der Waals surface area contributed by atoms with E-state index in [4.69, 9.17) is 10.00 Å². The van der Waals surface area contributed by atoms with Gasteiger partial charge in [0.05, 0.1) is 25.2 Å². The average Bonchev–Trinajstić information content (AvgIpc) is 2.20. The Kier molecular flexibility index (Phi) is 3.41. The van der Waals surface area contributed by atoms with E-state index in [1.54, 1.807) is 12.1 Å². The predicted molar refractivity (Wildman–Crippen MR) is 51.8 cm³/mol. The lowest BCUT2D eigenvalue weighted by Crippen LogP contribution is -1.83. The van der Waals surface area contributed by atoms with Crippen LogP contribution in [0.4, 0.5) is 0 Å². The van der Waals surface area contributed by atoms with Crippen molar-refractivity contribution in [2.75, 3.05) is 7.11 Å². The maximum atomic E-state index is 9.46. The van der Waals surface area contributed by atoms with Crippen LogP contribution in [0.15, 0.2) is 18.2 Å². The summed E-state index contributed by atoms with van der Waals surface area (Å²) in [5, 5.41) is 17.7. The molecule has 0 fully saturated rings. The normalized spacial score (nSPS) is 8.29. The summed E-state index contributed by atoms with van der Waals surface area (Å²) < 4.78 is 4.92. The lowest BCUT2D eigenvalue weighted by Gasteiger charge is -2.01. The molecule has 0 saturated heterocycles. The molecule has 0 heterocycles. The van der Waals surface area contributed by atoms with Crippen molar-refractivity contribution in [3.63, 3.8) is 0 Å². The van der Waals surface area contributed by atoms with E-state index in [1.165, 1.54) is 13.2 Å². The summed E-state index contributed by atoms with van der Waals surface area (Å²) in [6, 6.07) is 6.74. The average molecular weight is 187 g/mol. The third kappa shape index (κ3) is 2.43. The van der Waals surface area contributed by atoms with E-state index < -0.39 is 0 Å². The number of methoxy groups -OCH3 is 1. The van der Waals surface area contributed by atoms with E-state index >= 15 is 0 Å². The Balaban J connectivity index is 2.92. The van der Waals surface area contributed by atoms with E-state index in [2.05, 4.69) is 11.8 Å². The molecule has 0 aromatic heterocycles. The van der Waals surface area contributed by atoms with Gasteiger partial charge < -0.3 is 9.84 Å². The fraction of sp³-hybridized carbons (Fsp3) is 0.182. The monoisotopic (exact) mass is 187 g/mol. The first-order valence-corrected chi connectivity index (χ1v) is 4.00. The summed E-state index contributed by atoms with van der Waals surface area (Å²) in [6.45, 7) is 0. The van der Waals surface area contributed by atoms with Gasteiger partial charge in [-0.2, -0.15) is 5.26 Å². The van der Waals surface area contributed by atoms with Crippen molar-refractivity contribution in [1.29, 1.82) is 5.26 Å². The van der Waals surface area contributed by atoms with E-state index in [0.717, 1.165) is 0 Å². The smallest absolute Gasteiger partial charge is 0.134 e. The molecular weight excluding hydrogens is 178 g/mol. The minimum atomic E-state index is 0.0646. The summed E-state index contributed by atoms with van der Waals surface area (Å²) in [5.41, 5.74) is 0.501. The number of hydrogen-bond donors (Lipinski definition) is 1. The maximum Gasteiger partial charge on any atom is 0.134 e. The molecule has 3 nitrogen and oxygen atoms in total. The number of phenolic OH excluding ortho intramolecular Hbond substituents is 1. The van der Waals surface area contributed by atoms with Crippen molar-refractivity contribution in [2.24, 2.45) is 0 Å². The molecule has 0 aliphatic carbocycles. The number of aromatic hydroxyl groups is 1. The van der Waals surface area contributed by atoms with Gasteiger partial charge in [-0.1, -0.05) is 11.8 Å². The summed E-state index contributed by atoms with van der Waals surface area (Å²) >= 11 is 0. The molecule has 1 aromatic carbocycles.